The summed E-state index contributed by atoms with van der Waals surface area (Å²) < 4.78 is 44.5. The lowest BCUT2D eigenvalue weighted by Gasteiger charge is -2.28. The molecule has 1 heterocycles. The fourth-order valence-electron chi connectivity index (χ4n) is 2.14. The summed E-state index contributed by atoms with van der Waals surface area (Å²) in [5, 5.41) is 3.15. The molecule has 0 aromatic heterocycles. The van der Waals surface area contributed by atoms with Gasteiger partial charge >= 0.3 is 0 Å². The standard InChI is InChI=1S/C13H16F3NO/c1-8-4-10(2-3-18-8)17-7-9-5-12(15)13(16)6-11(9)14/h5-6,8,10,17H,2-4,7H2,1H3. The van der Waals surface area contributed by atoms with E-state index in [9.17, 15) is 13.2 Å². The van der Waals surface area contributed by atoms with Gasteiger partial charge in [-0.1, -0.05) is 0 Å². The molecule has 2 atom stereocenters. The Hall–Kier alpha value is -1.07. The predicted molar refractivity (Wildman–Crippen MR) is 61.6 cm³/mol. The second kappa shape index (κ2) is 5.71. The number of hydrogen-bond donors (Lipinski definition) is 1. The lowest BCUT2D eigenvalue weighted by molar-refractivity contribution is 0.0130. The predicted octanol–water partition coefficient (Wildman–Crippen LogP) is 2.76. The normalized spacial score (nSPS) is 24.2. The number of hydrogen-bond acceptors (Lipinski definition) is 2. The van der Waals surface area contributed by atoms with E-state index < -0.39 is 17.5 Å². The Balaban J connectivity index is 1.95. The highest BCUT2D eigenvalue weighted by atomic mass is 19.2. The number of rotatable bonds is 3. The molecule has 1 saturated heterocycles. The zero-order valence-electron chi connectivity index (χ0n) is 10.2. The zero-order chi connectivity index (χ0) is 13.1. The maximum atomic E-state index is 13.4. The Labute approximate surface area is 104 Å². The van der Waals surface area contributed by atoms with Crippen molar-refractivity contribution in [3.8, 4) is 0 Å². The Morgan fingerprint density at radius 1 is 1.22 bits per heavy atom. The quantitative estimate of drug-likeness (QED) is 0.843. The minimum Gasteiger partial charge on any atom is -0.378 e. The van der Waals surface area contributed by atoms with Crippen LogP contribution in [0.4, 0.5) is 13.2 Å². The van der Waals surface area contributed by atoms with E-state index in [2.05, 4.69) is 5.32 Å². The van der Waals surface area contributed by atoms with Crippen molar-refractivity contribution in [2.45, 2.75) is 38.5 Å². The van der Waals surface area contributed by atoms with Crippen molar-refractivity contribution in [3.05, 3.63) is 35.1 Å². The lowest BCUT2D eigenvalue weighted by atomic mass is 10.0. The summed E-state index contributed by atoms with van der Waals surface area (Å²) in [6, 6.07) is 1.71. The summed E-state index contributed by atoms with van der Waals surface area (Å²) >= 11 is 0. The Kier molecular flexibility index (Phi) is 4.24. The minimum absolute atomic E-state index is 0.146. The first-order chi connectivity index (χ1) is 8.56. The van der Waals surface area contributed by atoms with Gasteiger partial charge in [0, 0.05) is 30.8 Å². The molecule has 1 aliphatic heterocycles. The molecular formula is C13H16F3NO. The fourth-order valence-corrected chi connectivity index (χ4v) is 2.14. The van der Waals surface area contributed by atoms with E-state index >= 15 is 0 Å². The number of ether oxygens (including phenoxy) is 1. The highest BCUT2D eigenvalue weighted by Gasteiger charge is 2.19. The van der Waals surface area contributed by atoms with Gasteiger partial charge in [0.2, 0.25) is 0 Å². The first-order valence-electron chi connectivity index (χ1n) is 6.04. The fraction of sp³-hybridized carbons (Fsp3) is 0.538. The molecule has 1 aromatic carbocycles. The third-order valence-corrected chi connectivity index (χ3v) is 3.16. The van der Waals surface area contributed by atoms with Crippen LogP contribution in [0.5, 0.6) is 0 Å². The smallest absolute Gasteiger partial charge is 0.161 e. The summed E-state index contributed by atoms with van der Waals surface area (Å²) in [5.41, 5.74) is 0.146. The summed E-state index contributed by atoms with van der Waals surface area (Å²) in [6.45, 7) is 2.84. The van der Waals surface area contributed by atoms with Crippen molar-refractivity contribution in [1.82, 2.24) is 5.32 Å². The summed E-state index contributed by atoms with van der Waals surface area (Å²) in [6.07, 6.45) is 1.85. The van der Waals surface area contributed by atoms with Gasteiger partial charge in [-0.05, 0) is 25.8 Å². The van der Waals surface area contributed by atoms with Gasteiger partial charge in [0.05, 0.1) is 6.10 Å². The van der Waals surface area contributed by atoms with Gasteiger partial charge in [-0.3, -0.25) is 0 Å². The number of halogens is 3. The Morgan fingerprint density at radius 3 is 2.67 bits per heavy atom. The van der Waals surface area contributed by atoms with Gasteiger partial charge < -0.3 is 10.1 Å². The molecule has 2 nitrogen and oxygen atoms in total. The van der Waals surface area contributed by atoms with E-state index in [1.807, 2.05) is 6.92 Å². The second-order valence-corrected chi connectivity index (χ2v) is 4.64. The van der Waals surface area contributed by atoms with E-state index in [0.29, 0.717) is 12.7 Å². The van der Waals surface area contributed by atoms with Gasteiger partial charge in [-0.15, -0.1) is 0 Å². The number of benzene rings is 1. The van der Waals surface area contributed by atoms with Crippen LogP contribution in [-0.4, -0.2) is 18.8 Å². The summed E-state index contributed by atoms with van der Waals surface area (Å²) in [4.78, 5) is 0. The van der Waals surface area contributed by atoms with E-state index in [1.165, 1.54) is 0 Å². The summed E-state index contributed by atoms with van der Waals surface area (Å²) in [7, 11) is 0. The van der Waals surface area contributed by atoms with Crippen LogP contribution in [0.15, 0.2) is 12.1 Å². The highest BCUT2D eigenvalue weighted by Crippen LogP contribution is 2.16. The Morgan fingerprint density at radius 2 is 1.94 bits per heavy atom. The molecule has 100 valence electrons. The molecule has 0 aliphatic carbocycles. The van der Waals surface area contributed by atoms with Gasteiger partial charge in [0.25, 0.3) is 0 Å². The molecule has 0 spiro atoms. The molecule has 0 radical (unpaired) electrons. The van der Waals surface area contributed by atoms with Crippen molar-refractivity contribution < 1.29 is 17.9 Å². The van der Waals surface area contributed by atoms with Gasteiger partial charge in [-0.2, -0.15) is 0 Å². The lowest BCUT2D eigenvalue weighted by Crippen LogP contribution is -2.37. The van der Waals surface area contributed by atoms with Crippen LogP contribution in [-0.2, 0) is 11.3 Å². The molecule has 18 heavy (non-hydrogen) atoms. The maximum absolute atomic E-state index is 13.4. The molecule has 0 amide bonds. The van der Waals surface area contributed by atoms with Crippen molar-refractivity contribution in [2.75, 3.05) is 6.61 Å². The zero-order valence-corrected chi connectivity index (χ0v) is 10.2. The molecule has 5 heteroatoms. The van der Waals surface area contributed by atoms with Crippen molar-refractivity contribution >= 4 is 0 Å². The van der Waals surface area contributed by atoms with Crippen molar-refractivity contribution in [3.63, 3.8) is 0 Å². The van der Waals surface area contributed by atoms with Gasteiger partial charge in [0.15, 0.2) is 11.6 Å². The average Bonchev–Trinajstić information content (AvgIpc) is 2.32. The van der Waals surface area contributed by atoms with Crippen LogP contribution in [0.25, 0.3) is 0 Å². The third kappa shape index (κ3) is 3.23. The largest absolute Gasteiger partial charge is 0.378 e. The van der Waals surface area contributed by atoms with Gasteiger partial charge in [-0.25, -0.2) is 13.2 Å². The molecular weight excluding hydrogens is 243 g/mol. The topological polar surface area (TPSA) is 21.3 Å². The first kappa shape index (κ1) is 13.4. The molecule has 1 fully saturated rings. The second-order valence-electron chi connectivity index (χ2n) is 4.64. The molecule has 1 N–H and O–H groups in total. The molecule has 0 bridgehead atoms. The van der Waals surface area contributed by atoms with E-state index in [0.717, 1.165) is 18.9 Å². The van der Waals surface area contributed by atoms with Crippen LogP contribution in [0, 0.1) is 17.5 Å². The van der Waals surface area contributed by atoms with E-state index in [4.69, 9.17) is 4.74 Å². The number of nitrogens with one attached hydrogen (secondary N) is 1. The molecule has 0 saturated carbocycles. The molecule has 2 unspecified atom stereocenters. The summed E-state index contributed by atoms with van der Waals surface area (Å²) in [5.74, 6) is -2.90. The van der Waals surface area contributed by atoms with Crippen LogP contribution in [0.1, 0.15) is 25.3 Å². The molecule has 1 aliphatic rings. The third-order valence-electron chi connectivity index (χ3n) is 3.16. The van der Waals surface area contributed by atoms with E-state index in [1.54, 1.807) is 0 Å². The van der Waals surface area contributed by atoms with Crippen LogP contribution >= 0.6 is 0 Å². The molecule has 1 aromatic rings. The van der Waals surface area contributed by atoms with Crippen LogP contribution in [0.3, 0.4) is 0 Å². The molecule has 2 rings (SSSR count). The van der Waals surface area contributed by atoms with Crippen molar-refractivity contribution in [2.24, 2.45) is 0 Å². The van der Waals surface area contributed by atoms with Crippen LogP contribution in [0.2, 0.25) is 0 Å². The average molecular weight is 259 g/mol. The Bertz CT molecular complexity index is 425. The highest BCUT2D eigenvalue weighted by molar-refractivity contribution is 5.20. The van der Waals surface area contributed by atoms with Crippen LogP contribution < -0.4 is 5.32 Å². The van der Waals surface area contributed by atoms with Gasteiger partial charge in [0.1, 0.15) is 5.82 Å². The van der Waals surface area contributed by atoms with E-state index in [-0.39, 0.29) is 24.3 Å². The monoisotopic (exact) mass is 259 g/mol. The maximum Gasteiger partial charge on any atom is 0.161 e. The van der Waals surface area contributed by atoms with Crippen molar-refractivity contribution in [1.29, 1.82) is 0 Å². The SMILES string of the molecule is CC1CC(NCc2cc(F)c(F)cc2F)CCO1. The first-order valence-corrected chi connectivity index (χ1v) is 6.04. The minimum atomic E-state index is -1.16.